The first kappa shape index (κ1) is 22.5. The molecular weight excluding hydrogens is 465 g/mol. The smallest absolute Gasteiger partial charge is 0.243 e. The van der Waals surface area contributed by atoms with Gasteiger partial charge in [-0.2, -0.15) is 0 Å². The molecule has 1 heterocycles. The number of hydrogen-bond acceptors (Lipinski definition) is 2. The van der Waals surface area contributed by atoms with Gasteiger partial charge in [0.15, 0.2) is 5.96 Å². The minimum absolute atomic E-state index is 0. The molecule has 0 aliphatic heterocycles. The van der Waals surface area contributed by atoms with E-state index in [9.17, 15) is 4.79 Å². The average molecular weight is 497 g/mol. The fraction of sp³-hybridized carbons (Fsp3) is 0.524. The van der Waals surface area contributed by atoms with Gasteiger partial charge in [0.2, 0.25) is 5.91 Å². The third kappa shape index (κ3) is 5.86. The highest BCUT2D eigenvalue weighted by Gasteiger charge is 2.16. The van der Waals surface area contributed by atoms with E-state index in [1.165, 1.54) is 47.7 Å². The molecule has 6 nitrogen and oxygen atoms in total. The molecule has 1 saturated carbocycles. The molecule has 154 valence electrons. The molecule has 3 N–H and O–H groups in total. The van der Waals surface area contributed by atoms with Crippen LogP contribution in [0.1, 0.15) is 36.8 Å². The number of nitrogens with one attached hydrogen (secondary N) is 3. The number of aryl methyl sites for hydroxylation is 1. The van der Waals surface area contributed by atoms with Gasteiger partial charge in [0.1, 0.15) is 6.54 Å². The van der Waals surface area contributed by atoms with E-state index < -0.39 is 0 Å². The van der Waals surface area contributed by atoms with Crippen molar-refractivity contribution >= 4 is 46.7 Å². The molecule has 2 aromatic rings. The van der Waals surface area contributed by atoms with Crippen LogP contribution in [0, 0.1) is 6.92 Å². The van der Waals surface area contributed by atoms with Gasteiger partial charge in [0.05, 0.1) is 0 Å². The Kier molecular flexibility index (Phi) is 8.59. The predicted molar refractivity (Wildman–Crippen MR) is 127 cm³/mol. The lowest BCUT2D eigenvalue weighted by molar-refractivity contribution is -0.127. The van der Waals surface area contributed by atoms with Crippen LogP contribution < -0.4 is 10.6 Å². The number of carbonyl (C=O) groups excluding carboxylic acids is 1. The zero-order valence-electron chi connectivity index (χ0n) is 17.0. The van der Waals surface area contributed by atoms with E-state index in [1.54, 1.807) is 19.0 Å². The first-order valence-electron chi connectivity index (χ1n) is 9.85. The standard InChI is InChI=1S/C21H31N5O.HI/c1-15-7-6-10-18-16(13-23-20(15)18)11-12-22-21(24-14-19(27)26(2)3)25-17-8-4-5-9-17;/h6-7,10,13,17,23H,4-5,8-9,11-12,14H2,1-3H3,(H2,22,24,25);1H. The number of amides is 1. The Balaban J connectivity index is 0.00000280. The van der Waals surface area contributed by atoms with E-state index in [-0.39, 0.29) is 36.4 Å². The molecule has 3 rings (SSSR count). The molecule has 0 bridgehead atoms. The number of aromatic nitrogens is 1. The number of benzene rings is 1. The molecule has 1 aliphatic rings. The quantitative estimate of drug-likeness (QED) is 0.326. The molecule has 1 fully saturated rings. The minimum atomic E-state index is 0. The first-order valence-corrected chi connectivity index (χ1v) is 9.85. The molecule has 0 saturated heterocycles. The number of aromatic amines is 1. The Hall–Kier alpha value is -1.77. The number of likely N-dealkylation sites (N-methyl/N-ethyl adjacent to an activating group) is 1. The van der Waals surface area contributed by atoms with E-state index in [0.717, 1.165) is 18.9 Å². The second-order valence-electron chi connectivity index (χ2n) is 7.57. The summed E-state index contributed by atoms with van der Waals surface area (Å²) in [5.74, 6) is 0.753. The summed E-state index contributed by atoms with van der Waals surface area (Å²) in [6.45, 7) is 3.07. The van der Waals surface area contributed by atoms with Crippen molar-refractivity contribution < 1.29 is 4.79 Å². The van der Waals surface area contributed by atoms with E-state index >= 15 is 0 Å². The van der Waals surface area contributed by atoms with Gasteiger partial charge in [-0.1, -0.05) is 31.0 Å². The van der Waals surface area contributed by atoms with E-state index in [2.05, 4.69) is 51.9 Å². The van der Waals surface area contributed by atoms with Gasteiger partial charge in [-0.3, -0.25) is 4.79 Å². The second-order valence-corrected chi connectivity index (χ2v) is 7.57. The lowest BCUT2D eigenvalue weighted by atomic mass is 10.1. The summed E-state index contributed by atoms with van der Waals surface area (Å²) < 4.78 is 0. The number of rotatable bonds is 6. The van der Waals surface area contributed by atoms with Crippen LogP contribution in [0.5, 0.6) is 0 Å². The lowest BCUT2D eigenvalue weighted by Gasteiger charge is -2.18. The molecule has 1 aromatic heterocycles. The Labute approximate surface area is 184 Å². The van der Waals surface area contributed by atoms with Gasteiger partial charge in [-0.05, 0) is 37.3 Å². The molecule has 0 unspecified atom stereocenters. The van der Waals surface area contributed by atoms with Crippen LogP contribution in [-0.2, 0) is 11.2 Å². The van der Waals surface area contributed by atoms with Gasteiger partial charge in [0, 0.05) is 43.8 Å². The fourth-order valence-corrected chi connectivity index (χ4v) is 3.59. The number of fused-ring (bicyclic) bond motifs is 1. The number of aliphatic imine (C=N–C) groups is 1. The molecule has 1 aromatic carbocycles. The molecule has 28 heavy (non-hydrogen) atoms. The van der Waals surface area contributed by atoms with Crippen LogP contribution in [0.2, 0.25) is 0 Å². The number of nitrogens with zero attached hydrogens (tertiary/aromatic N) is 2. The Morgan fingerprint density at radius 1 is 1.29 bits per heavy atom. The number of H-pyrrole nitrogens is 1. The molecule has 1 amide bonds. The predicted octanol–water partition coefficient (Wildman–Crippen LogP) is 3.20. The van der Waals surface area contributed by atoms with Crippen LogP contribution in [0.15, 0.2) is 29.4 Å². The van der Waals surface area contributed by atoms with Crippen molar-refractivity contribution in [3.8, 4) is 0 Å². The van der Waals surface area contributed by atoms with Crippen LogP contribution >= 0.6 is 24.0 Å². The Morgan fingerprint density at radius 2 is 2.04 bits per heavy atom. The third-order valence-electron chi connectivity index (χ3n) is 5.26. The van der Waals surface area contributed by atoms with Gasteiger partial charge >= 0.3 is 0 Å². The van der Waals surface area contributed by atoms with Gasteiger partial charge < -0.3 is 20.5 Å². The Bertz CT molecular complexity index is 808. The van der Waals surface area contributed by atoms with Crippen LogP contribution in [-0.4, -0.2) is 55.0 Å². The van der Waals surface area contributed by atoms with Crippen LogP contribution in [0.25, 0.3) is 10.9 Å². The first-order chi connectivity index (χ1) is 13.0. The van der Waals surface area contributed by atoms with Gasteiger partial charge in [-0.15, -0.1) is 24.0 Å². The number of hydrogen-bond donors (Lipinski definition) is 3. The maximum atomic E-state index is 11.9. The van der Waals surface area contributed by atoms with E-state index in [1.807, 2.05) is 0 Å². The zero-order chi connectivity index (χ0) is 19.2. The molecule has 0 atom stereocenters. The van der Waals surface area contributed by atoms with E-state index in [0.29, 0.717) is 6.04 Å². The summed E-state index contributed by atoms with van der Waals surface area (Å²) in [5, 5.41) is 8.19. The van der Waals surface area contributed by atoms with Crippen molar-refractivity contribution in [1.29, 1.82) is 0 Å². The summed E-state index contributed by atoms with van der Waals surface area (Å²) in [6.07, 6.45) is 7.85. The Morgan fingerprint density at radius 3 is 2.75 bits per heavy atom. The number of para-hydroxylation sites is 1. The maximum absolute atomic E-state index is 11.9. The summed E-state index contributed by atoms with van der Waals surface area (Å²) in [6, 6.07) is 6.85. The summed E-state index contributed by atoms with van der Waals surface area (Å²) >= 11 is 0. The van der Waals surface area contributed by atoms with Gasteiger partial charge in [0.25, 0.3) is 0 Å². The minimum Gasteiger partial charge on any atom is -0.361 e. The normalized spacial score (nSPS) is 14.8. The molecule has 0 spiro atoms. The van der Waals surface area contributed by atoms with Crippen molar-refractivity contribution in [3.05, 3.63) is 35.5 Å². The molecule has 1 aliphatic carbocycles. The fourth-order valence-electron chi connectivity index (χ4n) is 3.59. The second kappa shape index (κ2) is 10.7. The average Bonchev–Trinajstić information content (AvgIpc) is 3.30. The van der Waals surface area contributed by atoms with Crippen molar-refractivity contribution in [2.75, 3.05) is 27.2 Å². The number of guanidine groups is 1. The zero-order valence-corrected chi connectivity index (χ0v) is 19.4. The van der Waals surface area contributed by atoms with Gasteiger partial charge in [-0.25, -0.2) is 4.99 Å². The van der Waals surface area contributed by atoms with Crippen LogP contribution in [0.4, 0.5) is 0 Å². The monoisotopic (exact) mass is 497 g/mol. The van der Waals surface area contributed by atoms with Crippen molar-refractivity contribution in [2.45, 2.75) is 45.1 Å². The summed E-state index contributed by atoms with van der Waals surface area (Å²) in [7, 11) is 3.52. The molecular formula is C21H32IN5O. The third-order valence-corrected chi connectivity index (χ3v) is 5.26. The van der Waals surface area contributed by atoms with Crippen LogP contribution in [0.3, 0.4) is 0 Å². The number of halogens is 1. The van der Waals surface area contributed by atoms with Crippen molar-refractivity contribution in [1.82, 2.24) is 20.5 Å². The highest BCUT2D eigenvalue weighted by atomic mass is 127. The highest BCUT2D eigenvalue weighted by Crippen LogP contribution is 2.21. The molecule has 0 radical (unpaired) electrons. The summed E-state index contributed by atoms with van der Waals surface area (Å²) in [4.78, 5) is 21.3. The maximum Gasteiger partial charge on any atom is 0.243 e. The van der Waals surface area contributed by atoms with E-state index in [4.69, 9.17) is 0 Å². The molecule has 7 heteroatoms. The SMILES string of the molecule is Cc1cccc2c(CCNC(=NCC(=O)N(C)C)NC3CCCC3)c[nH]c12.I. The lowest BCUT2D eigenvalue weighted by Crippen LogP contribution is -2.43. The van der Waals surface area contributed by atoms with Crippen molar-refractivity contribution in [3.63, 3.8) is 0 Å². The highest BCUT2D eigenvalue weighted by molar-refractivity contribution is 14.0. The number of carbonyl (C=O) groups is 1. The topological polar surface area (TPSA) is 72.5 Å². The summed E-state index contributed by atoms with van der Waals surface area (Å²) in [5.41, 5.74) is 3.77. The largest absolute Gasteiger partial charge is 0.361 e. The van der Waals surface area contributed by atoms with Crippen molar-refractivity contribution in [2.24, 2.45) is 4.99 Å².